The van der Waals surface area contributed by atoms with Gasteiger partial charge in [-0.2, -0.15) is 0 Å². The van der Waals surface area contributed by atoms with Crippen LogP contribution in [0.1, 0.15) is 24.5 Å². The van der Waals surface area contributed by atoms with Gasteiger partial charge in [-0.1, -0.05) is 29.8 Å². The number of halogens is 1. The standard InChI is InChI=1S/C20H21ClN2O5S/c1-12-7-16-17(28-11-20(25)23-16)9-18(12)29(26,27)13(2)8-19(24)22-10-14-5-3-4-6-15(14)21/h3-7,9,13H,8,10-11H2,1-2H3,(H,22,24)(H,23,25)/t13-/m0/s1. The number of sulfone groups is 1. The Bertz CT molecular complexity index is 1070. The van der Waals surface area contributed by atoms with Gasteiger partial charge in [-0.15, -0.1) is 0 Å². The van der Waals surface area contributed by atoms with E-state index < -0.39 is 15.1 Å². The molecule has 0 aliphatic carbocycles. The molecule has 0 bridgehead atoms. The van der Waals surface area contributed by atoms with Gasteiger partial charge in [0.1, 0.15) is 5.75 Å². The second-order valence-electron chi connectivity index (χ2n) is 6.88. The molecule has 2 N–H and O–H groups in total. The fourth-order valence-electron chi connectivity index (χ4n) is 3.02. The van der Waals surface area contributed by atoms with Gasteiger partial charge in [-0.25, -0.2) is 8.42 Å². The molecule has 2 aromatic rings. The molecule has 1 heterocycles. The van der Waals surface area contributed by atoms with Gasteiger partial charge in [-0.3, -0.25) is 9.59 Å². The molecule has 9 heteroatoms. The second kappa shape index (κ2) is 8.42. The average molecular weight is 437 g/mol. The Kier molecular flexibility index (Phi) is 6.14. The number of amides is 2. The summed E-state index contributed by atoms with van der Waals surface area (Å²) in [4.78, 5) is 23.8. The molecular weight excluding hydrogens is 416 g/mol. The maximum Gasteiger partial charge on any atom is 0.262 e. The molecule has 2 amide bonds. The highest BCUT2D eigenvalue weighted by atomic mass is 35.5. The topological polar surface area (TPSA) is 102 Å². The van der Waals surface area contributed by atoms with Crippen molar-refractivity contribution in [1.29, 1.82) is 0 Å². The van der Waals surface area contributed by atoms with E-state index in [1.165, 1.54) is 13.0 Å². The SMILES string of the molecule is Cc1cc2c(cc1S(=O)(=O)[C@@H](C)CC(=O)NCc1ccccc1Cl)OCC(=O)N2. The number of benzene rings is 2. The number of carbonyl (C=O) groups excluding carboxylic acids is 2. The van der Waals surface area contributed by atoms with Crippen molar-refractivity contribution >= 4 is 38.9 Å². The van der Waals surface area contributed by atoms with E-state index in [1.54, 1.807) is 31.2 Å². The fraction of sp³-hybridized carbons (Fsp3) is 0.300. The van der Waals surface area contributed by atoms with Gasteiger partial charge >= 0.3 is 0 Å². The summed E-state index contributed by atoms with van der Waals surface area (Å²) < 4.78 is 31.4. The van der Waals surface area contributed by atoms with Gasteiger partial charge in [0.25, 0.3) is 5.91 Å². The zero-order valence-corrected chi connectivity index (χ0v) is 17.6. The molecule has 0 spiro atoms. The van der Waals surface area contributed by atoms with Gasteiger partial charge in [0.05, 0.1) is 15.8 Å². The summed E-state index contributed by atoms with van der Waals surface area (Å²) in [5.41, 5.74) is 1.66. The number of ether oxygens (including phenoxy) is 1. The van der Waals surface area contributed by atoms with Gasteiger partial charge in [0, 0.05) is 24.1 Å². The molecule has 0 radical (unpaired) electrons. The molecule has 1 aliphatic rings. The van der Waals surface area contributed by atoms with E-state index >= 15 is 0 Å². The first-order chi connectivity index (χ1) is 13.7. The van der Waals surface area contributed by atoms with E-state index in [0.29, 0.717) is 22.0 Å². The van der Waals surface area contributed by atoms with Gasteiger partial charge < -0.3 is 15.4 Å². The highest BCUT2D eigenvalue weighted by Gasteiger charge is 2.29. The summed E-state index contributed by atoms with van der Waals surface area (Å²) in [5, 5.41) is 4.94. The molecule has 0 aromatic heterocycles. The van der Waals surface area contributed by atoms with Crippen molar-refractivity contribution in [2.75, 3.05) is 11.9 Å². The lowest BCUT2D eigenvalue weighted by molar-refractivity contribution is -0.121. The minimum absolute atomic E-state index is 0.0822. The predicted octanol–water partition coefficient (Wildman–Crippen LogP) is 2.85. The summed E-state index contributed by atoms with van der Waals surface area (Å²) >= 11 is 6.07. The predicted molar refractivity (Wildman–Crippen MR) is 110 cm³/mol. The van der Waals surface area contributed by atoms with E-state index in [4.69, 9.17) is 16.3 Å². The van der Waals surface area contributed by atoms with E-state index in [9.17, 15) is 18.0 Å². The molecule has 29 heavy (non-hydrogen) atoms. The molecule has 2 aromatic carbocycles. The van der Waals surface area contributed by atoms with Crippen LogP contribution in [0.25, 0.3) is 0 Å². The quantitative estimate of drug-likeness (QED) is 0.725. The Morgan fingerprint density at radius 1 is 1.31 bits per heavy atom. The number of carbonyl (C=O) groups is 2. The number of hydrogen-bond donors (Lipinski definition) is 2. The average Bonchev–Trinajstić information content (AvgIpc) is 2.66. The maximum atomic E-state index is 13.0. The van der Waals surface area contributed by atoms with Crippen LogP contribution in [0.2, 0.25) is 5.02 Å². The zero-order valence-electron chi connectivity index (χ0n) is 16.0. The Hall–Kier alpha value is -2.58. The number of hydrogen-bond acceptors (Lipinski definition) is 5. The number of nitrogens with one attached hydrogen (secondary N) is 2. The number of aryl methyl sites for hydroxylation is 1. The smallest absolute Gasteiger partial charge is 0.262 e. The highest BCUT2D eigenvalue weighted by Crippen LogP contribution is 2.34. The Morgan fingerprint density at radius 3 is 2.76 bits per heavy atom. The van der Waals surface area contributed by atoms with Crippen molar-refractivity contribution in [2.24, 2.45) is 0 Å². The lowest BCUT2D eigenvalue weighted by Crippen LogP contribution is -2.30. The Morgan fingerprint density at radius 2 is 2.03 bits per heavy atom. The van der Waals surface area contributed by atoms with Crippen LogP contribution in [-0.2, 0) is 26.0 Å². The molecule has 3 rings (SSSR count). The van der Waals surface area contributed by atoms with Gasteiger partial charge in [0.2, 0.25) is 5.91 Å². The van der Waals surface area contributed by atoms with E-state index in [-0.39, 0.29) is 36.3 Å². The molecular formula is C20H21ClN2O5S. The summed E-state index contributed by atoms with van der Waals surface area (Å²) in [6, 6.07) is 10.1. The number of anilines is 1. The van der Waals surface area contributed by atoms with Gasteiger partial charge in [0.15, 0.2) is 16.4 Å². The normalized spacial score (nSPS) is 14.4. The van der Waals surface area contributed by atoms with Crippen LogP contribution in [0.15, 0.2) is 41.3 Å². The molecule has 154 valence electrons. The molecule has 0 saturated carbocycles. The molecule has 0 saturated heterocycles. The first-order valence-electron chi connectivity index (χ1n) is 9.00. The molecule has 1 aliphatic heterocycles. The molecule has 0 unspecified atom stereocenters. The first kappa shape index (κ1) is 21.1. The van der Waals surface area contributed by atoms with Crippen molar-refractivity contribution in [3.8, 4) is 5.75 Å². The number of rotatable bonds is 6. The fourth-order valence-corrected chi connectivity index (χ4v) is 4.80. The lowest BCUT2D eigenvalue weighted by atomic mass is 10.2. The molecule has 1 atom stereocenters. The first-order valence-corrected chi connectivity index (χ1v) is 10.9. The van der Waals surface area contributed by atoms with Crippen LogP contribution in [-0.4, -0.2) is 32.1 Å². The monoisotopic (exact) mass is 436 g/mol. The van der Waals surface area contributed by atoms with E-state index in [1.807, 2.05) is 6.07 Å². The van der Waals surface area contributed by atoms with Crippen LogP contribution < -0.4 is 15.4 Å². The van der Waals surface area contributed by atoms with E-state index in [0.717, 1.165) is 5.56 Å². The van der Waals surface area contributed by atoms with Crippen molar-refractivity contribution in [1.82, 2.24) is 5.32 Å². The maximum absolute atomic E-state index is 13.0. The van der Waals surface area contributed by atoms with Crippen LogP contribution in [0.3, 0.4) is 0 Å². The highest BCUT2D eigenvalue weighted by molar-refractivity contribution is 7.92. The number of fused-ring (bicyclic) bond motifs is 1. The zero-order chi connectivity index (χ0) is 21.2. The van der Waals surface area contributed by atoms with Crippen molar-refractivity contribution in [2.45, 2.75) is 37.0 Å². The van der Waals surface area contributed by atoms with Crippen LogP contribution >= 0.6 is 11.6 Å². The van der Waals surface area contributed by atoms with Crippen molar-refractivity contribution in [3.05, 3.63) is 52.5 Å². The summed E-state index contributed by atoms with van der Waals surface area (Å²) in [5.74, 6) is -0.389. The van der Waals surface area contributed by atoms with Crippen LogP contribution in [0.5, 0.6) is 5.75 Å². The molecule has 7 nitrogen and oxygen atoms in total. The second-order valence-corrected chi connectivity index (χ2v) is 9.62. The Labute approximate surface area is 174 Å². The minimum atomic E-state index is -3.78. The minimum Gasteiger partial charge on any atom is -0.482 e. The van der Waals surface area contributed by atoms with Crippen molar-refractivity contribution in [3.63, 3.8) is 0 Å². The molecule has 0 fully saturated rings. The van der Waals surface area contributed by atoms with E-state index in [2.05, 4.69) is 10.6 Å². The summed E-state index contributed by atoms with van der Waals surface area (Å²) in [6.07, 6.45) is -0.194. The van der Waals surface area contributed by atoms with Crippen LogP contribution in [0.4, 0.5) is 5.69 Å². The largest absolute Gasteiger partial charge is 0.482 e. The summed E-state index contributed by atoms with van der Waals surface area (Å²) in [7, 11) is -3.78. The van der Waals surface area contributed by atoms with Crippen LogP contribution in [0, 0.1) is 6.92 Å². The third kappa shape index (κ3) is 4.71. The Balaban J connectivity index is 1.71. The third-order valence-electron chi connectivity index (χ3n) is 4.65. The third-order valence-corrected chi connectivity index (χ3v) is 7.30. The summed E-state index contributed by atoms with van der Waals surface area (Å²) in [6.45, 7) is 3.18. The van der Waals surface area contributed by atoms with Gasteiger partial charge in [-0.05, 0) is 37.1 Å². The van der Waals surface area contributed by atoms with Crippen molar-refractivity contribution < 1.29 is 22.7 Å². The lowest BCUT2D eigenvalue weighted by Gasteiger charge is -2.21.